The lowest BCUT2D eigenvalue weighted by Crippen LogP contribution is -2.31. The van der Waals surface area contributed by atoms with E-state index in [0.717, 1.165) is 12.8 Å². The van der Waals surface area contributed by atoms with Gasteiger partial charge in [0.25, 0.3) is 0 Å². The Morgan fingerprint density at radius 3 is 2.77 bits per heavy atom. The molecule has 3 N–H and O–H groups in total. The van der Waals surface area contributed by atoms with Crippen molar-refractivity contribution < 1.29 is 19.3 Å². The largest absolute Gasteiger partial charge is 0.388 e. The number of hydrogen-bond donors (Lipinski definition) is 3. The number of hydrogen-bond acceptors (Lipinski definition) is 8. The number of pyridine rings is 1. The fourth-order valence-corrected chi connectivity index (χ4v) is 4.48. The molecular weight excluding hydrogens is 403 g/mol. The number of aromatic nitrogens is 5. The van der Waals surface area contributed by atoms with Crippen LogP contribution in [-0.2, 0) is 11.2 Å². The minimum Gasteiger partial charge on any atom is -0.388 e. The van der Waals surface area contributed by atoms with Crippen molar-refractivity contribution in [2.24, 2.45) is 0 Å². The Labute approximate surface area is 178 Å². The second-order valence-electron chi connectivity index (χ2n) is 8.21. The minimum atomic E-state index is -1.15. The van der Waals surface area contributed by atoms with Crippen LogP contribution in [0.1, 0.15) is 44.0 Å². The monoisotopic (exact) mass is 428 g/mol. The first-order valence-corrected chi connectivity index (χ1v) is 10.7. The van der Waals surface area contributed by atoms with Gasteiger partial charge in [0, 0.05) is 11.7 Å². The number of fused-ring (bicyclic) bond motifs is 1. The molecule has 0 spiro atoms. The van der Waals surface area contributed by atoms with E-state index < -0.39 is 30.5 Å². The van der Waals surface area contributed by atoms with Gasteiger partial charge in [0.15, 0.2) is 23.2 Å². The van der Waals surface area contributed by atoms with Crippen molar-refractivity contribution in [1.82, 2.24) is 24.5 Å². The normalized spacial score (nSPS) is 26.7. The quantitative estimate of drug-likeness (QED) is 0.510. The molecule has 5 rings (SSSR count). The van der Waals surface area contributed by atoms with Gasteiger partial charge in [0.1, 0.15) is 18.5 Å². The molecule has 2 unspecified atom stereocenters. The van der Waals surface area contributed by atoms with Crippen LogP contribution >= 0.6 is 0 Å². The van der Waals surface area contributed by atoms with Gasteiger partial charge < -0.3 is 20.3 Å². The second-order valence-corrected chi connectivity index (χ2v) is 8.21. The average molecular weight is 428 g/mol. The van der Waals surface area contributed by atoms with Gasteiger partial charge in [-0.2, -0.15) is 4.39 Å². The van der Waals surface area contributed by atoms with E-state index in [4.69, 9.17) is 4.74 Å². The SMILES string of the molecule is OC1[C@H](O)C(CCc2cccc(F)n2)O[C@H]1n1cnc2c(NC3CCCC3)ncnc21. The number of nitrogens with zero attached hydrogens (tertiary/aromatic N) is 5. The number of imidazole rings is 1. The molecule has 4 atom stereocenters. The molecule has 3 aromatic rings. The molecular formula is C21H25FN6O3. The summed E-state index contributed by atoms with van der Waals surface area (Å²) in [5.41, 5.74) is 1.70. The lowest BCUT2D eigenvalue weighted by atomic mass is 10.0. The van der Waals surface area contributed by atoms with E-state index in [1.807, 2.05) is 0 Å². The van der Waals surface area contributed by atoms with Crippen LogP contribution in [-0.4, -0.2) is 59.1 Å². The maximum absolute atomic E-state index is 13.3. The Bertz CT molecular complexity index is 1060. The van der Waals surface area contributed by atoms with Crippen molar-refractivity contribution in [3.05, 3.63) is 42.5 Å². The Kier molecular flexibility index (Phi) is 5.51. The molecule has 1 aliphatic heterocycles. The summed E-state index contributed by atoms with van der Waals surface area (Å²) in [5.74, 6) is 0.118. The van der Waals surface area contributed by atoms with Crippen LogP contribution in [0.5, 0.6) is 0 Å². The van der Waals surface area contributed by atoms with Crippen molar-refractivity contribution in [3.8, 4) is 0 Å². The summed E-state index contributed by atoms with van der Waals surface area (Å²) >= 11 is 0. The highest BCUT2D eigenvalue weighted by molar-refractivity contribution is 5.82. The van der Waals surface area contributed by atoms with E-state index in [0.29, 0.717) is 41.6 Å². The van der Waals surface area contributed by atoms with Gasteiger partial charge in [-0.05, 0) is 37.8 Å². The number of rotatable bonds is 6. The van der Waals surface area contributed by atoms with E-state index >= 15 is 0 Å². The van der Waals surface area contributed by atoms with E-state index in [9.17, 15) is 14.6 Å². The fourth-order valence-electron chi connectivity index (χ4n) is 4.48. The number of aliphatic hydroxyl groups excluding tert-OH is 2. The van der Waals surface area contributed by atoms with Gasteiger partial charge in [-0.25, -0.2) is 19.9 Å². The first-order chi connectivity index (χ1) is 15.1. The molecule has 3 aromatic heterocycles. The molecule has 9 nitrogen and oxygen atoms in total. The van der Waals surface area contributed by atoms with Crippen LogP contribution in [0.2, 0.25) is 0 Å². The third-order valence-corrected chi connectivity index (χ3v) is 6.12. The summed E-state index contributed by atoms with van der Waals surface area (Å²) in [6.07, 6.45) is 4.73. The first kappa shape index (κ1) is 20.2. The van der Waals surface area contributed by atoms with Gasteiger partial charge in [-0.15, -0.1) is 0 Å². The molecule has 1 aliphatic carbocycles. The summed E-state index contributed by atoms with van der Waals surface area (Å²) in [6.45, 7) is 0. The van der Waals surface area contributed by atoms with Crippen molar-refractivity contribution >= 4 is 17.0 Å². The van der Waals surface area contributed by atoms with Gasteiger partial charge in [-0.3, -0.25) is 4.57 Å². The highest BCUT2D eigenvalue weighted by Gasteiger charge is 2.44. The molecule has 31 heavy (non-hydrogen) atoms. The van der Waals surface area contributed by atoms with Crippen LogP contribution in [0.15, 0.2) is 30.9 Å². The lowest BCUT2D eigenvalue weighted by molar-refractivity contribution is -0.0368. The lowest BCUT2D eigenvalue weighted by Gasteiger charge is -2.17. The molecule has 10 heteroatoms. The standard InChI is InChI=1S/C21H25FN6O3/c22-15-7-3-6-13(26-15)8-9-14-17(29)18(30)21(31-14)28-11-25-16-19(23-10-24-20(16)28)27-12-4-1-2-5-12/h3,6-7,10-12,14,17-18,21,29-30H,1-2,4-5,8-9H2,(H,23,24,27)/t14?,17-,18?,21-/m1/s1. The van der Waals surface area contributed by atoms with Crippen LogP contribution in [0.25, 0.3) is 11.2 Å². The van der Waals surface area contributed by atoms with E-state index in [-0.39, 0.29) is 0 Å². The van der Waals surface area contributed by atoms with Gasteiger partial charge in [0.05, 0.1) is 12.4 Å². The van der Waals surface area contributed by atoms with E-state index in [2.05, 4.69) is 25.3 Å². The van der Waals surface area contributed by atoms with Crippen LogP contribution in [0.3, 0.4) is 0 Å². The number of ether oxygens (including phenoxy) is 1. The fraction of sp³-hybridized carbons (Fsp3) is 0.524. The topological polar surface area (TPSA) is 118 Å². The molecule has 2 fully saturated rings. The van der Waals surface area contributed by atoms with Crippen LogP contribution < -0.4 is 5.32 Å². The third-order valence-electron chi connectivity index (χ3n) is 6.12. The maximum Gasteiger partial charge on any atom is 0.213 e. The zero-order chi connectivity index (χ0) is 21.4. The third kappa shape index (κ3) is 3.98. The molecule has 1 saturated carbocycles. The summed E-state index contributed by atoms with van der Waals surface area (Å²) in [5, 5.41) is 24.6. The second kappa shape index (κ2) is 8.45. The van der Waals surface area contributed by atoms with Gasteiger partial charge in [-0.1, -0.05) is 18.9 Å². The number of nitrogens with one attached hydrogen (secondary N) is 1. The Hall–Kier alpha value is -2.69. The van der Waals surface area contributed by atoms with Gasteiger partial charge >= 0.3 is 0 Å². The number of aryl methyl sites for hydroxylation is 1. The molecule has 2 aliphatic rings. The highest BCUT2D eigenvalue weighted by Crippen LogP contribution is 2.34. The predicted octanol–water partition coefficient (Wildman–Crippen LogP) is 1.97. The smallest absolute Gasteiger partial charge is 0.213 e. The minimum absolute atomic E-state index is 0.374. The molecule has 0 amide bonds. The van der Waals surface area contributed by atoms with E-state index in [1.165, 1.54) is 25.2 Å². The van der Waals surface area contributed by atoms with Crippen molar-refractivity contribution in [2.75, 3.05) is 5.32 Å². The maximum atomic E-state index is 13.3. The number of aliphatic hydroxyl groups is 2. The Morgan fingerprint density at radius 2 is 1.97 bits per heavy atom. The van der Waals surface area contributed by atoms with E-state index in [1.54, 1.807) is 23.0 Å². The molecule has 1 saturated heterocycles. The predicted molar refractivity (Wildman–Crippen MR) is 110 cm³/mol. The van der Waals surface area contributed by atoms with Crippen molar-refractivity contribution in [3.63, 3.8) is 0 Å². The average Bonchev–Trinajstić information content (AvgIpc) is 3.49. The van der Waals surface area contributed by atoms with Crippen molar-refractivity contribution in [1.29, 1.82) is 0 Å². The highest BCUT2D eigenvalue weighted by atomic mass is 19.1. The van der Waals surface area contributed by atoms with Crippen molar-refractivity contribution in [2.45, 2.75) is 69.1 Å². The number of anilines is 1. The summed E-state index contributed by atoms with van der Waals surface area (Å²) in [7, 11) is 0. The molecule has 0 aromatic carbocycles. The molecule has 164 valence electrons. The molecule has 0 bridgehead atoms. The zero-order valence-electron chi connectivity index (χ0n) is 16.9. The van der Waals surface area contributed by atoms with Gasteiger partial charge in [0.2, 0.25) is 5.95 Å². The Balaban J connectivity index is 1.33. The molecule has 4 heterocycles. The number of halogens is 1. The zero-order valence-corrected chi connectivity index (χ0v) is 16.9. The Morgan fingerprint density at radius 1 is 1.13 bits per heavy atom. The van der Waals surface area contributed by atoms with Crippen LogP contribution in [0.4, 0.5) is 10.2 Å². The summed E-state index contributed by atoms with van der Waals surface area (Å²) in [4.78, 5) is 17.0. The summed E-state index contributed by atoms with van der Waals surface area (Å²) < 4.78 is 20.9. The van der Waals surface area contributed by atoms with Crippen LogP contribution in [0, 0.1) is 5.95 Å². The molecule has 0 radical (unpaired) electrons. The summed E-state index contributed by atoms with van der Waals surface area (Å²) in [6, 6.07) is 4.97. The first-order valence-electron chi connectivity index (χ1n) is 10.7.